The number of rotatable bonds is 7. The van der Waals surface area contributed by atoms with Gasteiger partial charge in [0.05, 0.1) is 16.6 Å². The van der Waals surface area contributed by atoms with Crippen LogP contribution < -0.4 is 0 Å². The summed E-state index contributed by atoms with van der Waals surface area (Å²) >= 11 is 0. The molecule has 0 spiro atoms. The first-order valence-corrected chi connectivity index (χ1v) is 15.4. The third-order valence-corrected chi connectivity index (χ3v) is 10.0. The van der Waals surface area contributed by atoms with E-state index in [0.29, 0.717) is 16.7 Å². The zero-order valence-electron chi connectivity index (χ0n) is 27.7. The monoisotopic (exact) mass is 640 g/mol. The van der Waals surface area contributed by atoms with E-state index in [0.717, 1.165) is 0 Å². The number of aliphatic hydroxyl groups is 1. The summed E-state index contributed by atoms with van der Waals surface area (Å²) in [6.07, 6.45) is -5.06. The number of fused-ring (bicyclic) bond motifs is 2. The largest absolute Gasteiger partial charge is 0.462 e. The Bertz CT molecular complexity index is 1450. The zero-order chi connectivity index (χ0) is 34.4. The minimum atomic E-state index is -1.53. The van der Waals surface area contributed by atoms with Crippen LogP contribution in [0.5, 0.6) is 0 Å². The average molecular weight is 641 g/mol. The van der Waals surface area contributed by atoms with Gasteiger partial charge in [0, 0.05) is 46.0 Å². The lowest BCUT2D eigenvalue weighted by Gasteiger charge is -2.53. The van der Waals surface area contributed by atoms with Gasteiger partial charge in [0.15, 0.2) is 12.2 Å². The van der Waals surface area contributed by atoms with Gasteiger partial charge in [-0.15, -0.1) is 0 Å². The number of ether oxygens (including phenoxy) is 5. The maximum absolute atomic E-state index is 13.8. The molecule has 1 N–H and O–H groups in total. The molecule has 3 aliphatic rings. The topological polar surface area (TPSA) is 152 Å². The second kappa shape index (κ2) is 12.7. The fourth-order valence-electron chi connectivity index (χ4n) is 7.93. The van der Waals surface area contributed by atoms with Crippen LogP contribution in [0.4, 0.5) is 0 Å². The summed E-state index contributed by atoms with van der Waals surface area (Å²) in [7, 11) is 0. The Kier molecular flexibility index (Phi) is 9.60. The van der Waals surface area contributed by atoms with Crippen LogP contribution in [0.1, 0.15) is 85.0 Å². The van der Waals surface area contributed by atoms with E-state index in [4.69, 9.17) is 23.7 Å². The molecule has 2 fully saturated rings. The molecule has 4 rings (SSSR count). The molecule has 2 saturated carbocycles. The molecule has 11 heteroatoms. The summed E-state index contributed by atoms with van der Waals surface area (Å²) in [5, 5.41) is 12.1. The molecule has 0 saturated heterocycles. The maximum atomic E-state index is 13.8. The first-order chi connectivity index (χ1) is 21.3. The van der Waals surface area contributed by atoms with Crippen molar-refractivity contribution in [1.29, 1.82) is 0 Å². The van der Waals surface area contributed by atoms with Gasteiger partial charge in [0.25, 0.3) is 0 Å². The van der Waals surface area contributed by atoms with Crippen LogP contribution in [-0.2, 0) is 42.9 Å². The van der Waals surface area contributed by atoms with Crippen LogP contribution in [0.3, 0.4) is 0 Å². The van der Waals surface area contributed by atoms with Crippen LogP contribution in [-0.4, -0.2) is 71.1 Å². The van der Waals surface area contributed by atoms with E-state index in [1.165, 1.54) is 27.7 Å². The predicted molar refractivity (Wildman–Crippen MR) is 164 cm³/mol. The first-order valence-electron chi connectivity index (χ1n) is 15.4. The van der Waals surface area contributed by atoms with E-state index in [-0.39, 0.29) is 24.8 Å². The van der Waals surface area contributed by atoms with Crippen molar-refractivity contribution in [3.05, 3.63) is 59.2 Å². The Morgan fingerprint density at radius 2 is 1.37 bits per heavy atom. The van der Waals surface area contributed by atoms with Crippen molar-refractivity contribution in [3.8, 4) is 0 Å². The average Bonchev–Trinajstić information content (AvgIpc) is 3.17. The number of hydrogen-bond acceptors (Lipinski definition) is 11. The third-order valence-electron chi connectivity index (χ3n) is 10.0. The molecule has 1 aromatic rings. The molecule has 1 aromatic carbocycles. The summed E-state index contributed by atoms with van der Waals surface area (Å²) in [6.45, 7) is 16.1. The lowest BCUT2D eigenvalue weighted by molar-refractivity contribution is -0.198. The van der Waals surface area contributed by atoms with Gasteiger partial charge in [-0.1, -0.05) is 31.7 Å². The van der Waals surface area contributed by atoms with E-state index >= 15 is 0 Å². The molecule has 0 aliphatic heterocycles. The van der Waals surface area contributed by atoms with Crippen LogP contribution >= 0.6 is 0 Å². The van der Waals surface area contributed by atoms with Crippen molar-refractivity contribution >= 4 is 29.8 Å². The van der Waals surface area contributed by atoms with Gasteiger partial charge in [0.1, 0.15) is 18.3 Å². The van der Waals surface area contributed by atoms with Gasteiger partial charge >= 0.3 is 29.8 Å². The maximum Gasteiger partial charge on any atom is 0.338 e. The molecule has 0 unspecified atom stereocenters. The second-order valence-electron chi connectivity index (χ2n) is 13.4. The SMILES string of the molecule is C=C1[C@@H](OC(C)=O)C[C@H](OC(C)=O)[C@]2(C)[C@@H]1C[C@]1(C(C)(C)O)C[C@H](OC(C)=O)C(C)=C1[C@@H](OC(=O)c1ccccc1)[C@@H]2OC(C)=O. The summed E-state index contributed by atoms with van der Waals surface area (Å²) < 4.78 is 29.8. The van der Waals surface area contributed by atoms with Crippen molar-refractivity contribution in [2.45, 2.75) is 111 Å². The summed E-state index contributed by atoms with van der Waals surface area (Å²) in [5.41, 5.74) is -2.42. The van der Waals surface area contributed by atoms with E-state index in [9.17, 15) is 29.1 Å². The van der Waals surface area contributed by atoms with Gasteiger partial charge < -0.3 is 28.8 Å². The lowest BCUT2D eigenvalue weighted by atomic mass is 9.56. The quantitative estimate of drug-likeness (QED) is 0.256. The van der Waals surface area contributed by atoms with Gasteiger partial charge in [-0.05, 0) is 62.0 Å². The van der Waals surface area contributed by atoms with Gasteiger partial charge in [-0.25, -0.2) is 4.79 Å². The van der Waals surface area contributed by atoms with Crippen LogP contribution in [0.25, 0.3) is 0 Å². The number of benzene rings is 1. The Hall–Kier alpha value is -3.99. The molecule has 0 radical (unpaired) electrons. The van der Waals surface area contributed by atoms with Crippen molar-refractivity contribution < 1.29 is 52.8 Å². The highest BCUT2D eigenvalue weighted by Crippen LogP contribution is 2.65. The minimum absolute atomic E-state index is 0.00568. The van der Waals surface area contributed by atoms with E-state index in [1.807, 2.05) is 0 Å². The number of esters is 5. The fraction of sp³-hybridized carbons (Fsp3) is 0.571. The first kappa shape index (κ1) is 34.9. The van der Waals surface area contributed by atoms with E-state index in [2.05, 4.69) is 6.58 Å². The summed E-state index contributed by atoms with van der Waals surface area (Å²) in [6, 6.07) is 8.27. The van der Waals surface area contributed by atoms with Crippen LogP contribution in [0.2, 0.25) is 0 Å². The molecule has 250 valence electrons. The van der Waals surface area contributed by atoms with Crippen molar-refractivity contribution in [3.63, 3.8) is 0 Å². The third kappa shape index (κ3) is 6.21. The van der Waals surface area contributed by atoms with Gasteiger partial charge in [0.2, 0.25) is 0 Å². The Labute approximate surface area is 269 Å². The zero-order valence-corrected chi connectivity index (χ0v) is 27.7. The molecular weight excluding hydrogens is 596 g/mol. The Morgan fingerprint density at radius 3 is 1.89 bits per heavy atom. The highest BCUT2D eigenvalue weighted by atomic mass is 16.6. The molecule has 0 amide bonds. The molecule has 0 heterocycles. The molecule has 3 aliphatic carbocycles. The van der Waals surface area contributed by atoms with Crippen LogP contribution in [0, 0.1) is 16.7 Å². The molecule has 46 heavy (non-hydrogen) atoms. The number of carbonyl (C=O) groups excluding carboxylic acids is 5. The summed E-state index contributed by atoms with van der Waals surface area (Å²) in [5.74, 6) is -3.87. The van der Waals surface area contributed by atoms with Gasteiger partial charge in [-0.3, -0.25) is 19.2 Å². The normalized spacial score (nSPS) is 32.3. The predicted octanol–water partition coefficient (Wildman–Crippen LogP) is 4.40. The van der Waals surface area contributed by atoms with Crippen LogP contribution in [0.15, 0.2) is 53.6 Å². The highest BCUT2D eigenvalue weighted by molar-refractivity contribution is 5.89. The minimum Gasteiger partial charge on any atom is -0.462 e. The Balaban J connectivity index is 2.08. The highest BCUT2D eigenvalue weighted by Gasteiger charge is 2.69. The van der Waals surface area contributed by atoms with E-state index < -0.39 is 82.7 Å². The summed E-state index contributed by atoms with van der Waals surface area (Å²) in [4.78, 5) is 63.8. The van der Waals surface area contributed by atoms with Crippen molar-refractivity contribution in [1.82, 2.24) is 0 Å². The lowest BCUT2D eigenvalue weighted by Crippen LogP contribution is -2.60. The Morgan fingerprint density at radius 1 is 0.826 bits per heavy atom. The standard InChI is InChI=1S/C35H44O11/c1-18-25-16-35(33(7,8)41)17-27(43-21(4)37)19(2)29(35)30(46-32(40)24-13-11-10-12-14-24)31(45-23(6)39)34(25,9)28(44-22(5)38)15-26(18)42-20(3)36/h10-14,25-28,30-31,41H,1,15-17H2,2-9H3/t25-,26+,27+,28+,30-,31+,34+,35+/m1/s1. The number of hydrogen-bond donors (Lipinski definition) is 1. The second-order valence-corrected chi connectivity index (χ2v) is 13.4. The van der Waals surface area contributed by atoms with Crippen molar-refractivity contribution in [2.24, 2.45) is 16.7 Å². The smallest absolute Gasteiger partial charge is 0.338 e. The molecule has 8 atom stereocenters. The van der Waals surface area contributed by atoms with Gasteiger partial charge in [-0.2, -0.15) is 0 Å². The molecular formula is C35H44O11. The fourth-order valence-corrected chi connectivity index (χ4v) is 7.93. The van der Waals surface area contributed by atoms with Crippen molar-refractivity contribution in [2.75, 3.05) is 0 Å². The molecule has 11 nitrogen and oxygen atoms in total. The van der Waals surface area contributed by atoms with E-state index in [1.54, 1.807) is 58.0 Å². The molecule has 0 bridgehead atoms. The molecule has 0 aromatic heterocycles. The number of carbonyl (C=O) groups is 5.